The van der Waals surface area contributed by atoms with Gasteiger partial charge >= 0.3 is 0 Å². The number of ether oxygens (including phenoxy) is 1. The highest BCUT2D eigenvalue weighted by atomic mass is 16.5. The smallest absolute Gasteiger partial charge is 0.162 e. The van der Waals surface area contributed by atoms with Crippen molar-refractivity contribution in [3.05, 3.63) is 11.9 Å². The number of hydrogen-bond donors (Lipinski definition) is 1. The van der Waals surface area contributed by atoms with Gasteiger partial charge in [-0.25, -0.2) is 0 Å². The molecule has 1 fully saturated rings. The van der Waals surface area contributed by atoms with E-state index in [9.17, 15) is 5.11 Å². The molecule has 0 radical (unpaired) electrons. The number of β-amino-alcohol motifs (C(OH)–C–C–N with tert-alkyl or cyclic N) is 1. The van der Waals surface area contributed by atoms with E-state index in [-0.39, 0.29) is 0 Å². The second kappa shape index (κ2) is 5.71. The number of likely N-dealkylation sites (N-methyl/N-ethyl adjacent to an activating group) is 2. The first-order valence-corrected chi connectivity index (χ1v) is 7.05. The molecule has 0 aliphatic carbocycles. The molecule has 6 heteroatoms. The zero-order valence-electron chi connectivity index (χ0n) is 13.1. The topological polar surface area (TPSA) is 53.8 Å². The molecule has 1 aromatic rings. The van der Waals surface area contributed by atoms with E-state index < -0.39 is 5.60 Å². The van der Waals surface area contributed by atoms with E-state index in [2.05, 4.69) is 21.8 Å². The number of likely N-dealkylation sites (tertiary alicyclic amines) is 1. The molecule has 0 saturated carbocycles. The van der Waals surface area contributed by atoms with Crippen molar-refractivity contribution in [2.45, 2.75) is 31.5 Å². The standard InChI is InChI=1S/C14H26N4O2/c1-11-8-14(19,10-17(11)4)13-12(20-5)9-15-18(13)7-6-16(2)3/h9,11,19H,6-8,10H2,1-5H3. The second-order valence-electron chi connectivity index (χ2n) is 6.09. The summed E-state index contributed by atoms with van der Waals surface area (Å²) < 4.78 is 7.29. The van der Waals surface area contributed by atoms with Crippen LogP contribution in [0.2, 0.25) is 0 Å². The lowest BCUT2D eigenvalue weighted by Crippen LogP contribution is -2.33. The molecule has 1 aliphatic heterocycles. The van der Waals surface area contributed by atoms with Crippen molar-refractivity contribution < 1.29 is 9.84 Å². The second-order valence-corrected chi connectivity index (χ2v) is 6.09. The summed E-state index contributed by atoms with van der Waals surface area (Å²) in [5, 5.41) is 15.4. The van der Waals surface area contributed by atoms with Gasteiger partial charge in [-0.05, 0) is 34.5 Å². The molecule has 2 rings (SSSR count). The fourth-order valence-corrected chi connectivity index (χ4v) is 2.90. The number of nitrogens with zero attached hydrogens (tertiary/aromatic N) is 4. The SMILES string of the molecule is COc1cnn(CCN(C)C)c1C1(O)CC(C)N(C)C1. The van der Waals surface area contributed by atoms with Gasteiger partial charge in [0.05, 0.1) is 19.9 Å². The Bertz CT molecular complexity index is 448. The Morgan fingerprint density at radius 1 is 1.55 bits per heavy atom. The maximum Gasteiger partial charge on any atom is 0.162 e. The molecule has 2 unspecified atom stereocenters. The molecular weight excluding hydrogens is 256 g/mol. The molecule has 2 heterocycles. The van der Waals surface area contributed by atoms with Gasteiger partial charge in [-0.2, -0.15) is 5.10 Å². The van der Waals surface area contributed by atoms with Crippen LogP contribution in [0.25, 0.3) is 0 Å². The van der Waals surface area contributed by atoms with Crippen LogP contribution in [0.3, 0.4) is 0 Å². The van der Waals surface area contributed by atoms with E-state index in [0.29, 0.717) is 24.8 Å². The van der Waals surface area contributed by atoms with Crippen LogP contribution in [-0.2, 0) is 12.1 Å². The van der Waals surface area contributed by atoms with Crippen molar-refractivity contribution in [3.8, 4) is 5.75 Å². The number of rotatable bonds is 5. The van der Waals surface area contributed by atoms with Crippen molar-refractivity contribution in [2.24, 2.45) is 0 Å². The number of hydrogen-bond acceptors (Lipinski definition) is 5. The Morgan fingerprint density at radius 2 is 2.25 bits per heavy atom. The van der Waals surface area contributed by atoms with Crippen LogP contribution in [0.1, 0.15) is 19.0 Å². The average molecular weight is 282 g/mol. The molecule has 0 aromatic carbocycles. The minimum Gasteiger partial charge on any atom is -0.493 e. The summed E-state index contributed by atoms with van der Waals surface area (Å²) in [6.07, 6.45) is 2.40. The molecule has 0 spiro atoms. The summed E-state index contributed by atoms with van der Waals surface area (Å²) in [6, 6.07) is 0.349. The minimum absolute atomic E-state index is 0.349. The van der Waals surface area contributed by atoms with Gasteiger partial charge in [0.1, 0.15) is 11.3 Å². The van der Waals surface area contributed by atoms with Gasteiger partial charge in [-0.3, -0.25) is 4.68 Å². The first-order chi connectivity index (χ1) is 9.37. The van der Waals surface area contributed by atoms with E-state index in [1.807, 2.05) is 25.8 Å². The van der Waals surface area contributed by atoms with Crippen LogP contribution in [-0.4, -0.2) is 72.1 Å². The summed E-state index contributed by atoms with van der Waals surface area (Å²) >= 11 is 0. The molecule has 1 N–H and O–H groups in total. The van der Waals surface area contributed by atoms with Crippen LogP contribution in [0.15, 0.2) is 6.20 Å². The molecule has 0 amide bonds. The third-order valence-electron chi connectivity index (χ3n) is 4.12. The monoisotopic (exact) mass is 282 g/mol. The quantitative estimate of drug-likeness (QED) is 0.845. The molecule has 20 heavy (non-hydrogen) atoms. The summed E-state index contributed by atoms with van der Waals surface area (Å²) in [5.74, 6) is 0.675. The molecule has 114 valence electrons. The fourth-order valence-electron chi connectivity index (χ4n) is 2.90. The zero-order chi connectivity index (χ0) is 14.9. The normalized spacial score (nSPS) is 27.4. The van der Waals surface area contributed by atoms with Crippen molar-refractivity contribution >= 4 is 0 Å². The Morgan fingerprint density at radius 3 is 2.75 bits per heavy atom. The van der Waals surface area contributed by atoms with Crippen molar-refractivity contribution in [1.82, 2.24) is 19.6 Å². The molecule has 1 saturated heterocycles. The lowest BCUT2D eigenvalue weighted by Gasteiger charge is -2.25. The predicted molar refractivity (Wildman–Crippen MR) is 77.9 cm³/mol. The van der Waals surface area contributed by atoms with Crippen LogP contribution in [0.4, 0.5) is 0 Å². The van der Waals surface area contributed by atoms with Gasteiger partial charge in [0.25, 0.3) is 0 Å². The van der Waals surface area contributed by atoms with Crippen LogP contribution < -0.4 is 4.74 Å². The average Bonchev–Trinajstić information content (AvgIpc) is 2.89. The molecule has 6 nitrogen and oxygen atoms in total. The van der Waals surface area contributed by atoms with Crippen LogP contribution in [0.5, 0.6) is 5.75 Å². The van der Waals surface area contributed by atoms with E-state index in [0.717, 1.165) is 18.8 Å². The third-order valence-corrected chi connectivity index (χ3v) is 4.12. The van der Waals surface area contributed by atoms with E-state index in [1.165, 1.54) is 0 Å². The molecular formula is C14H26N4O2. The third kappa shape index (κ3) is 2.82. The summed E-state index contributed by atoms with van der Waals surface area (Å²) in [7, 11) is 7.72. The molecule has 1 aromatic heterocycles. The molecule has 0 bridgehead atoms. The number of methoxy groups -OCH3 is 1. The Labute approximate surface area is 120 Å². The van der Waals surface area contributed by atoms with Gasteiger partial charge in [-0.1, -0.05) is 0 Å². The minimum atomic E-state index is -0.887. The molecule has 2 atom stereocenters. The highest BCUT2D eigenvalue weighted by Crippen LogP contribution is 2.39. The van der Waals surface area contributed by atoms with Gasteiger partial charge in [-0.15, -0.1) is 0 Å². The van der Waals surface area contributed by atoms with Gasteiger partial charge in [0.15, 0.2) is 5.75 Å². The summed E-state index contributed by atoms with van der Waals surface area (Å²) in [4.78, 5) is 4.27. The van der Waals surface area contributed by atoms with Crippen molar-refractivity contribution in [2.75, 3.05) is 41.3 Å². The van der Waals surface area contributed by atoms with Gasteiger partial charge in [0, 0.05) is 19.1 Å². The lowest BCUT2D eigenvalue weighted by atomic mass is 9.96. The van der Waals surface area contributed by atoms with Crippen molar-refractivity contribution in [3.63, 3.8) is 0 Å². The largest absolute Gasteiger partial charge is 0.493 e. The van der Waals surface area contributed by atoms with E-state index in [1.54, 1.807) is 13.3 Å². The Hall–Kier alpha value is -1.11. The lowest BCUT2D eigenvalue weighted by molar-refractivity contribution is 0.0363. The van der Waals surface area contributed by atoms with E-state index in [4.69, 9.17) is 4.74 Å². The fraction of sp³-hybridized carbons (Fsp3) is 0.786. The highest BCUT2D eigenvalue weighted by molar-refractivity contribution is 5.32. The van der Waals surface area contributed by atoms with E-state index >= 15 is 0 Å². The number of aromatic nitrogens is 2. The Balaban J connectivity index is 2.31. The molecule has 1 aliphatic rings. The summed E-state index contributed by atoms with van der Waals surface area (Å²) in [6.45, 7) is 4.36. The maximum atomic E-state index is 11.1. The highest BCUT2D eigenvalue weighted by Gasteiger charge is 2.44. The Kier molecular flexibility index (Phi) is 4.36. The maximum absolute atomic E-state index is 11.1. The first-order valence-electron chi connectivity index (χ1n) is 7.05. The zero-order valence-corrected chi connectivity index (χ0v) is 13.1. The van der Waals surface area contributed by atoms with Crippen LogP contribution in [0, 0.1) is 0 Å². The number of aliphatic hydroxyl groups is 1. The first kappa shape index (κ1) is 15.3. The summed E-state index contributed by atoms with van der Waals surface area (Å²) in [5.41, 5.74) is -0.0828. The predicted octanol–water partition coefficient (Wildman–Crippen LogP) is 0.365. The van der Waals surface area contributed by atoms with Gasteiger partial charge < -0.3 is 19.6 Å². The van der Waals surface area contributed by atoms with Crippen LogP contribution >= 0.6 is 0 Å². The van der Waals surface area contributed by atoms with Crippen molar-refractivity contribution in [1.29, 1.82) is 0 Å². The van der Waals surface area contributed by atoms with Gasteiger partial charge in [0.2, 0.25) is 0 Å².